The minimum Gasteiger partial charge on any atom is -0.379 e. The van der Waals surface area contributed by atoms with Gasteiger partial charge in [0.25, 0.3) is 0 Å². The van der Waals surface area contributed by atoms with Crippen molar-refractivity contribution in [1.82, 2.24) is 5.32 Å². The second-order valence-electron chi connectivity index (χ2n) is 6.12. The number of methoxy groups -OCH3 is 1. The van der Waals surface area contributed by atoms with Gasteiger partial charge in [-0.3, -0.25) is 4.79 Å². The van der Waals surface area contributed by atoms with Crippen molar-refractivity contribution in [3.63, 3.8) is 0 Å². The molecule has 1 aromatic carbocycles. The number of nitrogens with one attached hydrogen (secondary N) is 1. The lowest BCUT2D eigenvalue weighted by molar-refractivity contribution is -0.122. The average Bonchev–Trinajstić information content (AvgIpc) is 2.38. The zero-order chi connectivity index (χ0) is 15.2. The number of benzene rings is 1. The van der Waals surface area contributed by atoms with Crippen molar-refractivity contribution < 1.29 is 9.53 Å². The van der Waals surface area contributed by atoms with Gasteiger partial charge in [-0.05, 0) is 11.0 Å². The van der Waals surface area contributed by atoms with Gasteiger partial charge >= 0.3 is 0 Å². The van der Waals surface area contributed by atoms with Crippen LogP contribution in [0.25, 0.3) is 0 Å². The fourth-order valence-electron chi connectivity index (χ4n) is 2.04. The molecule has 0 bridgehead atoms. The van der Waals surface area contributed by atoms with Gasteiger partial charge in [-0.2, -0.15) is 0 Å². The molecule has 112 valence electrons. The number of carbonyl (C=O) groups excluding carboxylic acids is 1. The largest absolute Gasteiger partial charge is 0.379 e. The summed E-state index contributed by atoms with van der Waals surface area (Å²) in [5.41, 5.74) is 6.99. The van der Waals surface area contributed by atoms with Crippen molar-refractivity contribution in [2.45, 2.75) is 39.3 Å². The number of carbonyl (C=O) groups is 1. The Labute approximate surface area is 121 Å². The third-order valence-corrected chi connectivity index (χ3v) is 3.37. The van der Waals surface area contributed by atoms with Crippen molar-refractivity contribution in [2.75, 3.05) is 13.7 Å². The number of rotatable bonds is 6. The van der Waals surface area contributed by atoms with Crippen LogP contribution in [-0.2, 0) is 9.53 Å². The molecule has 1 rings (SSSR count). The Balaban J connectivity index is 2.44. The SMILES string of the molecule is COC(CNC(=O)CC(N)c1ccccc1)C(C)(C)C. The van der Waals surface area contributed by atoms with Crippen LogP contribution in [0.1, 0.15) is 38.8 Å². The van der Waals surface area contributed by atoms with Crippen LogP contribution in [0.2, 0.25) is 0 Å². The molecule has 2 unspecified atom stereocenters. The Morgan fingerprint density at radius 2 is 1.90 bits per heavy atom. The Hall–Kier alpha value is -1.39. The predicted octanol–water partition coefficient (Wildman–Crippen LogP) is 2.25. The molecule has 20 heavy (non-hydrogen) atoms. The van der Waals surface area contributed by atoms with E-state index in [0.717, 1.165) is 5.56 Å². The Kier molecular flexibility index (Phi) is 6.17. The quantitative estimate of drug-likeness (QED) is 0.839. The van der Waals surface area contributed by atoms with E-state index in [2.05, 4.69) is 26.1 Å². The number of hydrogen-bond acceptors (Lipinski definition) is 3. The predicted molar refractivity (Wildman–Crippen MR) is 81.2 cm³/mol. The second kappa shape index (κ2) is 7.41. The van der Waals surface area contributed by atoms with Gasteiger partial charge in [-0.15, -0.1) is 0 Å². The van der Waals surface area contributed by atoms with Crippen LogP contribution in [0.3, 0.4) is 0 Å². The standard InChI is InChI=1S/C16H26N2O2/c1-16(2,3)14(20-4)11-18-15(19)10-13(17)12-8-6-5-7-9-12/h5-9,13-14H,10-11,17H2,1-4H3,(H,18,19). The third kappa shape index (κ3) is 5.31. The van der Waals surface area contributed by atoms with Crippen molar-refractivity contribution >= 4 is 5.91 Å². The summed E-state index contributed by atoms with van der Waals surface area (Å²) in [7, 11) is 1.66. The Morgan fingerprint density at radius 1 is 1.30 bits per heavy atom. The molecule has 4 heteroatoms. The van der Waals surface area contributed by atoms with Gasteiger partial charge < -0.3 is 15.8 Å². The van der Waals surface area contributed by atoms with E-state index >= 15 is 0 Å². The zero-order valence-electron chi connectivity index (χ0n) is 12.8. The van der Waals surface area contributed by atoms with E-state index in [1.807, 2.05) is 30.3 Å². The second-order valence-corrected chi connectivity index (χ2v) is 6.12. The maximum absolute atomic E-state index is 11.9. The number of nitrogens with two attached hydrogens (primary N) is 1. The van der Waals surface area contributed by atoms with E-state index in [1.54, 1.807) is 7.11 Å². The molecular weight excluding hydrogens is 252 g/mol. The van der Waals surface area contributed by atoms with Crippen LogP contribution in [0.15, 0.2) is 30.3 Å². The van der Waals surface area contributed by atoms with Gasteiger partial charge in [0.15, 0.2) is 0 Å². The fourth-order valence-corrected chi connectivity index (χ4v) is 2.04. The molecule has 0 aromatic heterocycles. The highest BCUT2D eigenvalue weighted by Crippen LogP contribution is 2.21. The highest BCUT2D eigenvalue weighted by atomic mass is 16.5. The highest BCUT2D eigenvalue weighted by Gasteiger charge is 2.24. The lowest BCUT2D eigenvalue weighted by Crippen LogP contribution is -2.41. The lowest BCUT2D eigenvalue weighted by atomic mass is 9.89. The van der Waals surface area contributed by atoms with Gasteiger partial charge in [0.2, 0.25) is 5.91 Å². The molecule has 3 N–H and O–H groups in total. The van der Waals surface area contributed by atoms with E-state index in [4.69, 9.17) is 10.5 Å². The minimum atomic E-state index is -0.271. The van der Waals surface area contributed by atoms with E-state index in [-0.39, 0.29) is 29.9 Å². The molecular formula is C16H26N2O2. The van der Waals surface area contributed by atoms with Crippen LogP contribution in [0.4, 0.5) is 0 Å². The molecule has 0 saturated carbocycles. The Morgan fingerprint density at radius 3 is 2.40 bits per heavy atom. The van der Waals surface area contributed by atoms with E-state index < -0.39 is 0 Å². The number of amides is 1. The van der Waals surface area contributed by atoms with Crippen molar-refractivity contribution in [2.24, 2.45) is 11.1 Å². The van der Waals surface area contributed by atoms with E-state index in [0.29, 0.717) is 6.54 Å². The summed E-state index contributed by atoms with van der Waals surface area (Å²) in [4.78, 5) is 11.9. The first kappa shape index (κ1) is 16.7. The summed E-state index contributed by atoms with van der Waals surface area (Å²) in [5, 5.41) is 2.90. The molecule has 0 saturated heterocycles. The van der Waals surface area contributed by atoms with Crippen LogP contribution < -0.4 is 11.1 Å². The average molecular weight is 278 g/mol. The van der Waals surface area contributed by atoms with E-state index in [1.165, 1.54) is 0 Å². The monoisotopic (exact) mass is 278 g/mol. The maximum atomic E-state index is 11.9. The van der Waals surface area contributed by atoms with E-state index in [9.17, 15) is 4.79 Å². The molecule has 0 aliphatic heterocycles. The molecule has 0 aliphatic carbocycles. The zero-order valence-corrected chi connectivity index (χ0v) is 12.8. The van der Waals surface area contributed by atoms with Crippen LogP contribution >= 0.6 is 0 Å². The smallest absolute Gasteiger partial charge is 0.221 e. The summed E-state index contributed by atoms with van der Waals surface area (Å²) in [6.07, 6.45) is 0.268. The minimum absolute atomic E-state index is 0.0103. The van der Waals surface area contributed by atoms with Gasteiger partial charge in [0.05, 0.1) is 6.10 Å². The molecule has 4 nitrogen and oxygen atoms in total. The van der Waals surface area contributed by atoms with Crippen molar-refractivity contribution in [3.8, 4) is 0 Å². The third-order valence-electron chi connectivity index (χ3n) is 3.37. The summed E-state index contributed by atoms with van der Waals surface area (Å²) < 4.78 is 5.41. The topological polar surface area (TPSA) is 64.3 Å². The fraction of sp³-hybridized carbons (Fsp3) is 0.562. The number of ether oxygens (including phenoxy) is 1. The summed E-state index contributed by atoms with van der Waals surface area (Å²) in [6.45, 7) is 6.76. The summed E-state index contributed by atoms with van der Waals surface area (Å²) >= 11 is 0. The molecule has 0 radical (unpaired) electrons. The van der Waals surface area contributed by atoms with Crippen molar-refractivity contribution in [3.05, 3.63) is 35.9 Å². The first-order valence-electron chi connectivity index (χ1n) is 6.94. The first-order chi connectivity index (χ1) is 9.34. The van der Waals surface area contributed by atoms with Crippen molar-refractivity contribution in [1.29, 1.82) is 0 Å². The molecule has 1 amide bonds. The molecule has 0 aliphatic rings. The van der Waals surface area contributed by atoms with Gasteiger partial charge in [-0.1, -0.05) is 51.1 Å². The van der Waals surface area contributed by atoms with Crippen LogP contribution in [-0.4, -0.2) is 25.7 Å². The molecule has 1 aromatic rings. The molecule has 0 fully saturated rings. The van der Waals surface area contributed by atoms with Gasteiger partial charge in [0, 0.05) is 26.1 Å². The number of hydrogen-bond donors (Lipinski definition) is 2. The molecule has 0 heterocycles. The summed E-state index contributed by atoms with van der Waals surface area (Å²) in [5.74, 6) is -0.0485. The lowest BCUT2D eigenvalue weighted by Gasteiger charge is -2.29. The Bertz CT molecular complexity index is 412. The molecule has 2 atom stereocenters. The van der Waals surface area contributed by atoms with Crippen LogP contribution in [0, 0.1) is 5.41 Å². The van der Waals surface area contributed by atoms with Gasteiger partial charge in [0.1, 0.15) is 0 Å². The normalized spacial score (nSPS) is 14.7. The first-order valence-corrected chi connectivity index (χ1v) is 6.94. The molecule has 0 spiro atoms. The maximum Gasteiger partial charge on any atom is 0.221 e. The van der Waals surface area contributed by atoms with Gasteiger partial charge in [-0.25, -0.2) is 0 Å². The highest BCUT2D eigenvalue weighted by molar-refractivity contribution is 5.76. The van der Waals surface area contributed by atoms with Crippen LogP contribution in [0.5, 0.6) is 0 Å². The summed E-state index contributed by atoms with van der Waals surface area (Å²) in [6, 6.07) is 9.38.